The van der Waals surface area contributed by atoms with Crippen molar-refractivity contribution in [1.29, 1.82) is 0 Å². The van der Waals surface area contributed by atoms with Crippen LogP contribution >= 0.6 is 11.8 Å². The van der Waals surface area contributed by atoms with Crippen LogP contribution in [0, 0.1) is 0 Å². The van der Waals surface area contributed by atoms with Gasteiger partial charge in [-0.25, -0.2) is 4.79 Å². The second-order valence-corrected chi connectivity index (χ2v) is 8.59. The predicted molar refractivity (Wildman–Crippen MR) is 113 cm³/mol. The third-order valence-electron chi connectivity index (χ3n) is 5.53. The van der Waals surface area contributed by atoms with E-state index < -0.39 is 0 Å². The Bertz CT molecular complexity index is 908. The molecule has 2 aromatic rings. The van der Waals surface area contributed by atoms with Gasteiger partial charge in [0.2, 0.25) is 5.91 Å². The summed E-state index contributed by atoms with van der Waals surface area (Å²) in [6.45, 7) is 1.88. The Morgan fingerprint density at radius 3 is 2.83 bits per heavy atom. The zero-order valence-electron chi connectivity index (χ0n) is 16.6. The molecule has 0 radical (unpaired) electrons. The second kappa shape index (κ2) is 9.59. The highest BCUT2D eigenvalue weighted by molar-refractivity contribution is 7.99. The number of hydrogen-bond acceptors (Lipinski definition) is 5. The fourth-order valence-electron chi connectivity index (χ4n) is 4.03. The summed E-state index contributed by atoms with van der Waals surface area (Å²) in [5.41, 5.74) is 3.10. The van der Waals surface area contributed by atoms with E-state index in [2.05, 4.69) is 10.3 Å². The number of nitrogens with one attached hydrogen (secondary N) is 1. The quantitative estimate of drug-likeness (QED) is 0.558. The molecule has 2 aliphatic rings. The van der Waals surface area contributed by atoms with E-state index in [1.54, 1.807) is 0 Å². The van der Waals surface area contributed by atoms with Crippen LogP contribution in [0.4, 0.5) is 0 Å². The lowest BCUT2D eigenvalue weighted by Gasteiger charge is -2.24. The van der Waals surface area contributed by atoms with Gasteiger partial charge in [0.1, 0.15) is 5.03 Å². The van der Waals surface area contributed by atoms with Crippen molar-refractivity contribution < 1.29 is 9.53 Å². The molecule has 154 valence electrons. The topological polar surface area (TPSA) is 73.2 Å². The average molecular weight is 414 g/mol. The van der Waals surface area contributed by atoms with Crippen molar-refractivity contribution >= 4 is 17.7 Å². The first-order valence-electron chi connectivity index (χ1n) is 10.4. The Balaban J connectivity index is 1.43. The number of aromatic nitrogens is 2. The highest BCUT2D eigenvalue weighted by Gasteiger charge is 2.24. The average Bonchev–Trinajstić information content (AvgIpc) is 3.27. The zero-order valence-corrected chi connectivity index (χ0v) is 17.4. The fourth-order valence-corrected chi connectivity index (χ4v) is 4.94. The number of carbonyl (C=O) groups is 1. The Morgan fingerprint density at radius 2 is 2.03 bits per heavy atom. The minimum absolute atomic E-state index is 0.0475. The van der Waals surface area contributed by atoms with Crippen LogP contribution in [0.5, 0.6) is 0 Å². The van der Waals surface area contributed by atoms with Crippen molar-refractivity contribution in [3.63, 3.8) is 0 Å². The molecule has 0 spiro atoms. The van der Waals surface area contributed by atoms with Gasteiger partial charge in [0.15, 0.2) is 0 Å². The van der Waals surface area contributed by atoms with E-state index in [0.29, 0.717) is 13.1 Å². The van der Waals surface area contributed by atoms with Gasteiger partial charge in [0.05, 0.1) is 18.4 Å². The number of benzene rings is 1. The molecule has 0 bridgehead atoms. The summed E-state index contributed by atoms with van der Waals surface area (Å²) in [6, 6.07) is 9.84. The summed E-state index contributed by atoms with van der Waals surface area (Å²) in [5, 5.41) is 3.66. The van der Waals surface area contributed by atoms with Crippen LogP contribution in [-0.2, 0) is 35.5 Å². The molecule has 1 aliphatic heterocycles. The van der Waals surface area contributed by atoms with Crippen molar-refractivity contribution in [2.45, 2.75) is 62.7 Å². The smallest absolute Gasteiger partial charge is 0.348 e. The lowest BCUT2D eigenvalue weighted by molar-refractivity contribution is -0.118. The molecule has 6 nitrogen and oxygen atoms in total. The first-order chi connectivity index (χ1) is 14.2. The summed E-state index contributed by atoms with van der Waals surface area (Å²) < 4.78 is 7.55. The lowest BCUT2D eigenvalue weighted by atomic mass is 9.97. The molecule has 0 unspecified atom stereocenters. The van der Waals surface area contributed by atoms with E-state index in [4.69, 9.17) is 4.74 Å². The summed E-state index contributed by atoms with van der Waals surface area (Å²) >= 11 is 1.38. The molecule has 4 rings (SSSR count). The number of carbonyl (C=O) groups excluding carboxylic acids is 1. The third-order valence-corrected chi connectivity index (χ3v) is 6.55. The number of thioether (sulfide) groups is 1. The van der Waals surface area contributed by atoms with E-state index in [0.717, 1.165) is 67.0 Å². The number of nitrogens with zero attached hydrogens (tertiary/aromatic N) is 2. The molecule has 29 heavy (non-hydrogen) atoms. The molecular weight excluding hydrogens is 386 g/mol. The van der Waals surface area contributed by atoms with E-state index in [-0.39, 0.29) is 23.5 Å². The van der Waals surface area contributed by atoms with Crippen LogP contribution in [0.1, 0.15) is 42.5 Å². The summed E-state index contributed by atoms with van der Waals surface area (Å²) in [4.78, 5) is 29.4. The molecule has 1 amide bonds. The molecule has 0 saturated carbocycles. The van der Waals surface area contributed by atoms with Crippen LogP contribution in [-0.4, -0.2) is 33.9 Å². The van der Waals surface area contributed by atoms with E-state index >= 15 is 0 Å². The summed E-state index contributed by atoms with van der Waals surface area (Å²) in [7, 11) is 0. The number of hydrogen-bond donors (Lipinski definition) is 1. The molecular formula is C22H27N3O3S. The predicted octanol–water partition coefficient (Wildman–Crippen LogP) is 2.71. The van der Waals surface area contributed by atoms with Crippen molar-refractivity contribution in [3.05, 3.63) is 57.6 Å². The molecule has 1 aliphatic carbocycles. The normalized spacial score (nSPS) is 18.4. The maximum atomic E-state index is 12.7. The first kappa shape index (κ1) is 20.2. The molecule has 1 aromatic heterocycles. The molecule has 1 atom stereocenters. The van der Waals surface area contributed by atoms with Crippen LogP contribution in [0.2, 0.25) is 0 Å². The van der Waals surface area contributed by atoms with Crippen molar-refractivity contribution in [3.8, 4) is 0 Å². The number of amides is 1. The van der Waals surface area contributed by atoms with Crippen molar-refractivity contribution in [1.82, 2.24) is 14.9 Å². The number of rotatable bonds is 7. The van der Waals surface area contributed by atoms with Gasteiger partial charge in [-0.3, -0.25) is 9.36 Å². The van der Waals surface area contributed by atoms with E-state index in [9.17, 15) is 9.59 Å². The second-order valence-electron chi connectivity index (χ2n) is 7.63. The maximum absolute atomic E-state index is 12.7. The molecule has 2 heterocycles. The number of ether oxygens (including phenoxy) is 1. The van der Waals surface area contributed by atoms with Crippen LogP contribution in [0.25, 0.3) is 0 Å². The SMILES string of the molecule is O=C(CSc1nc(=O)n(C[C@@H]2CCCO2)c2c1CCCC2)NCc1ccccc1. The van der Waals surface area contributed by atoms with Gasteiger partial charge in [-0.15, -0.1) is 0 Å². The van der Waals surface area contributed by atoms with Gasteiger partial charge >= 0.3 is 5.69 Å². The lowest BCUT2D eigenvalue weighted by Crippen LogP contribution is -2.34. The van der Waals surface area contributed by atoms with Crippen LogP contribution < -0.4 is 11.0 Å². The Morgan fingerprint density at radius 1 is 1.21 bits per heavy atom. The van der Waals surface area contributed by atoms with Crippen molar-refractivity contribution in [2.75, 3.05) is 12.4 Å². The fraction of sp³-hybridized carbons (Fsp3) is 0.500. The van der Waals surface area contributed by atoms with Crippen LogP contribution in [0.3, 0.4) is 0 Å². The Hall–Kier alpha value is -2.12. The summed E-state index contributed by atoms with van der Waals surface area (Å²) in [5.74, 6) is 0.218. The van der Waals surface area contributed by atoms with Gasteiger partial charge in [-0.05, 0) is 44.1 Å². The maximum Gasteiger partial charge on any atom is 0.348 e. The monoisotopic (exact) mass is 413 g/mol. The standard InChI is InChI=1S/C22H27N3O3S/c26-20(23-13-16-7-2-1-3-8-16)15-29-21-18-10-4-5-11-19(18)25(22(27)24-21)14-17-9-6-12-28-17/h1-3,7-8,17H,4-6,9-15H2,(H,23,26)/t17-/m0/s1. The van der Waals surface area contributed by atoms with Gasteiger partial charge < -0.3 is 10.1 Å². The third kappa shape index (κ3) is 5.08. The first-order valence-corrected chi connectivity index (χ1v) is 11.4. The van der Waals surface area contributed by atoms with Gasteiger partial charge in [-0.1, -0.05) is 42.1 Å². The molecule has 1 aromatic carbocycles. The Labute approximate surface area is 175 Å². The molecule has 1 N–H and O–H groups in total. The highest BCUT2D eigenvalue weighted by Crippen LogP contribution is 2.29. The minimum Gasteiger partial charge on any atom is -0.376 e. The minimum atomic E-state index is -0.214. The van der Waals surface area contributed by atoms with Crippen molar-refractivity contribution in [2.24, 2.45) is 0 Å². The summed E-state index contributed by atoms with van der Waals surface area (Å²) in [6.07, 6.45) is 6.17. The van der Waals surface area contributed by atoms with Crippen LogP contribution in [0.15, 0.2) is 40.2 Å². The number of fused-ring (bicyclic) bond motifs is 1. The largest absolute Gasteiger partial charge is 0.376 e. The molecule has 1 fully saturated rings. The van der Waals surface area contributed by atoms with E-state index in [1.807, 2.05) is 34.9 Å². The highest BCUT2D eigenvalue weighted by atomic mass is 32.2. The Kier molecular flexibility index (Phi) is 6.67. The van der Waals surface area contributed by atoms with E-state index in [1.165, 1.54) is 11.8 Å². The molecule has 1 saturated heterocycles. The van der Waals surface area contributed by atoms with Gasteiger partial charge in [0, 0.05) is 24.4 Å². The molecule has 7 heteroatoms. The van der Waals surface area contributed by atoms with Gasteiger partial charge in [-0.2, -0.15) is 4.98 Å². The van der Waals surface area contributed by atoms with Gasteiger partial charge in [0.25, 0.3) is 0 Å². The zero-order chi connectivity index (χ0) is 20.1.